The molecule has 8 N–H and O–H groups in total. The quantitative estimate of drug-likeness (QED) is 0.124. The monoisotopic (exact) mass is 665 g/mol. The Hall–Kier alpha value is -3.82. The van der Waals surface area contributed by atoms with Crippen molar-refractivity contribution in [1.29, 1.82) is 0 Å². The number of aromatic hydroxyl groups is 1. The lowest BCUT2D eigenvalue weighted by Crippen LogP contribution is -2.60. The van der Waals surface area contributed by atoms with Gasteiger partial charge in [-0.15, -0.1) is 0 Å². The van der Waals surface area contributed by atoms with E-state index >= 15 is 0 Å². The van der Waals surface area contributed by atoms with Crippen LogP contribution < -0.4 is 27.0 Å². The first-order valence-electron chi connectivity index (χ1n) is 13.9. The maximum Gasteiger partial charge on any atom is 0.327 e. The van der Waals surface area contributed by atoms with Crippen LogP contribution in [-0.4, -0.2) is 80.0 Å². The number of thiol groups is 2. The highest BCUT2D eigenvalue weighted by Gasteiger charge is 2.37. The van der Waals surface area contributed by atoms with Gasteiger partial charge in [0.1, 0.15) is 29.7 Å². The molecule has 0 saturated carbocycles. The average Bonchev–Trinajstić information content (AvgIpc) is 2.93. The van der Waals surface area contributed by atoms with Crippen LogP contribution in [-0.2, 0) is 36.8 Å². The molecule has 2 aromatic carbocycles. The fourth-order valence-electron chi connectivity index (χ4n) is 4.15. The summed E-state index contributed by atoms with van der Waals surface area (Å²) in [5.74, 6) is -4.82. The summed E-state index contributed by atoms with van der Waals surface area (Å²) in [7, 11) is 0. The lowest BCUT2D eigenvalue weighted by Gasteiger charge is -2.30. The molecule has 0 aromatic heterocycles. The SMILES string of the molecule is CC(C)(S)[C@@H](NC(=O)[C@H](Cc1ccc(F)cc1)NC(=O)CNC(=O)[C@H](NC(=O)[C@@H](N)Cc1ccc(O)cc1)C(C)(C)S)C(=O)O. The molecular weight excluding hydrogens is 625 g/mol. The second-order valence-electron chi connectivity index (χ2n) is 11.7. The average molecular weight is 666 g/mol. The van der Waals surface area contributed by atoms with Gasteiger partial charge in [0.25, 0.3) is 0 Å². The number of amides is 4. The summed E-state index contributed by atoms with van der Waals surface area (Å²) in [5, 5.41) is 28.9. The zero-order chi connectivity index (χ0) is 34.1. The first-order valence-corrected chi connectivity index (χ1v) is 14.8. The molecule has 0 aliphatic rings. The first-order chi connectivity index (χ1) is 20.8. The van der Waals surface area contributed by atoms with Gasteiger partial charge in [0.15, 0.2) is 0 Å². The second kappa shape index (κ2) is 16.0. The smallest absolute Gasteiger partial charge is 0.327 e. The molecule has 0 saturated heterocycles. The standard InChI is InChI=1S/C30H40FN5O7S2/c1-29(2,44)23(35-25(39)20(32)13-16-7-11-19(37)12-8-16)27(41)33-15-22(38)34-21(14-17-5-9-18(31)10-6-17)26(40)36-24(28(42)43)30(3,4)45/h5-12,20-21,23-24,37,44-45H,13-15,32H2,1-4H3,(H,33,41)(H,34,38)(H,35,39)(H,36,40)(H,42,43)/t20-,21-,23-,24-/m0/s1. The van der Waals surface area contributed by atoms with Crippen molar-refractivity contribution in [2.45, 2.75) is 74.2 Å². The predicted octanol–water partition coefficient (Wildman–Crippen LogP) is 0.716. The van der Waals surface area contributed by atoms with Crippen molar-refractivity contribution in [3.8, 4) is 5.75 Å². The number of aliphatic carboxylic acids is 1. The molecule has 15 heteroatoms. The fourth-order valence-corrected chi connectivity index (χ4v) is 4.51. The van der Waals surface area contributed by atoms with Crippen molar-refractivity contribution >= 4 is 54.9 Å². The highest BCUT2D eigenvalue weighted by atomic mass is 32.1. The van der Waals surface area contributed by atoms with Gasteiger partial charge in [0.05, 0.1) is 12.6 Å². The van der Waals surface area contributed by atoms with Crippen LogP contribution in [0.3, 0.4) is 0 Å². The number of phenolic OH excluding ortho intramolecular Hbond substituents is 1. The fraction of sp³-hybridized carbons (Fsp3) is 0.433. The van der Waals surface area contributed by atoms with Gasteiger partial charge in [-0.05, 0) is 69.5 Å². The number of benzene rings is 2. The molecule has 0 radical (unpaired) electrons. The number of halogens is 1. The minimum atomic E-state index is -1.41. The lowest BCUT2D eigenvalue weighted by molar-refractivity contribution is -0.143. The lowest BCUT2D eigenvalue weighted by atomic mass is 10.00. The van der Waals surface area contributed by atoms with Crippen molar-refractivity contribution in [2.75, 3.05) is 6.54 Å². The molecule has 4 atom stereocenters. The minimum Gasteiger partial charge on any atom is -0.508 e. The number of carboxylic acids is 1. The first kappa shape index (κ1) is 37.4. The molecule has 0 aliphatic heterocycles. The third kappa shape index (κ3) is 12.2. The van der Waals surface area contributed by atoms with Crippen molar-refractivity contribution in [3.63, 3.8) is 0 Å². The van der Waals surface area contributed by atoms with Crippen molar-refractivity contribution in [3.05, 3.63) is 65.5 Å². The van der Waals surface area contributed by atoms with Gasteiger partial charge < -0.3 is 37.2 Å². The molecule has 0 heterocycles. The van der Waals surface area contributed by atoms with E-state index in [4.69, 9.17) is 5.73 Å². The maximum absolute atomic E-state index is 13.4. The van der Waals surface area contributed by atoms with E-state index in [1.54, 1.807) is 26.0 Å². The Morgan fingerprint density at radius 3 is 1.78 bits per heavy atom. The van der Waals surface area contributed by atoms with Gasteiger partial charge in [-0.3, -0.25) is 19.2 Å². The summed E-state index contributed by atoms with van der Waals surface area (Å²) in [5.41, 5.74) is 7.20. The molecule has 0 bridgehead atoms. The number of rotatable bonds is 15. The number of carbonyl (C=O) groups is 5. The molecule has 0 aliphatic carbocycles. The van der Waals surface area contributed by atoms with E-state index in [0.717, 1.165) is 0 Å². The van der Waals surface area contributed by atoms with Crippen LogP contribution in [0, 0.1) is 5.82 Å². The van der Waals surface area contributed by atoms with E-state index in [9.17, 15) is 38.6 Å². The minimum absolute atomic E-state index is 0.0582. The van der Waals surface area contributed by atoms with E-state index in [2.05, 4.69) is 46.5 Å². The Kier molecular flexibility index (Phi) is 13.2. The number of carbonyl (C=O) groups excluding carboxylic acids is 4. The number of nitrogens with one attached hydrogen (secondary N) is 4. The normalized spacial score (nSPS) is 14.3. The van der Waals surface area contributed by atoms with E-state index in [0.29, 0.717) is 11.1 Å². The topological polar surface area (TPSA) is 200 Å². The van der Waals surface area contributed by atoms with Gasteiger partial charge in [0, 0.05) is 15.9 Å². The predicted molar refractivity (Wildman–Crippen MR) is 172 cm³/mol. The van der Waals surface area contributed by atoms with Crippen LogP contribution >= 0.6 is 25.3 Å². The van der Waals surface area contributed by atoms with E-state index in [1.807, 2.05) is 0 Å². The Balaban J connectivity index is 2.11. The second-order valence-corrected chi connectivity index (χ2v) is 14.0. The van der Waals surface area contributed by atoms with Crippen molar-refractivity contribution in [2.24, 2.45) is 5.73 Å². The third-order valence-electron chi connectivity index (χ3n) is 6.65. The van der Waals surface area contributed by atoms with Gasteiger partial charge in [-0.25, -0.2) is 9.18 Å². The molecule has 4 amide bonds. The van der Waals surface area contributed by atoms with Crippen LogP contribution in [0.25, 0.3) is 0 Å². The number of hydrogen-bond donors (Lipinski definition) is 9. The van der Waals surface area contributed by atoms with Crippen molar-refractivity contribution < 1.29 is 38.6 Å². The summed E-state index contributed by atoms with van der Waals surface area (Å²) in [6.45, 7) is 5.55. The maximum atomic E-state index is 13.4. The zero-order valence-corrected chi connectivity index (χ0v) is 27.1. The van der Waals surface area contributed by atoms with Crippen LogP contribution in [0.1, 0.15) is 38.8 Å². The van der Waals surface area contributed by atoms with E-state index < -0.39 is 75.6 Å². The Labute approximate surface area is 271 Å². The van der Waals surface area contributed by atoms with Crippen molar-refractivity contribution in [1.82, 2.24) is 21.3 Å². The highest BCUT2D eigenvalue weighted by molar-refractivity contribution is 7.82. The number of phenols is 1. The largest absolute Gasteiger partial charge is 0.508 e. The van der Waals surface area contributed by atoms with Gasteiger partial charge >= 0.3 is 5.97 Å². The third-order valence-corrected chi connectivity index (χ3v) is 7.17. The molecule has 0 unspecified atom stereocenters. The van der Waals surface area contributed by atoms with Crippen LogP contribution in [0.4, 0.5) is 4.39 Å². The van der Waals surface area contributed by atoms with Crippen LogP contribution in [0.15, 0.2) is 48.5 Å². The molecule has 0 fully saturated rings. The highest BCUT2D eigenvalue weighted by Crippen LogP contribution is 2.20. The number of hydrogen-bond acceptors (Lipinski definition) is 9. The molecular formula is C30H40FN5O7S2. The molecule has 0 spiro atoms. The summed E-state index contributed by atoms with van der Waals surface area (Å²) in [6, 6.07) is 6.33. The molecule has 12 nitrogen and oxygen atoms in total. The van der Waals surface area contributed by atoms with Crippen LogP contribution in [0.5, 0.6) is 5.75 Å². The summed E-state index contributed by atoms with van der Waals surface area (Å²) in [6.07, 6.45) is 0.00686. The Bertz CT molecular complexity index is 1360. The summed E-state index contributed by atoms with van der Waals surface area (Å²) < 4.78 is 11.2. The van der Waals surface area contributed by atoms with Gasteiger partial charge in [-0.1, -0.05) is 24.3 Å². The zero-order valence-electron chi connectivity index (χ0n) is 25.3. The molecule has 2 rings (SSSR count). The Morgan fingerprint density at radius 1 is 0.778 bits per heavy atom. The molecule has 246 valence electrons. The molecule has 2 aromatic rings. The number of nitrogens with two attached hydrogens (primary N) is 1. The number of carboxylic acid groups (broad SMARTS) is 1. The van der Waals surface area contributed by atoms with E-state index in [-0.39, 0.29) is 18.6 Å². The van der Waals surface area contributed by atoms with Gasteiger partial charge in [0.2, 0.25) is 23.6 Å². The van der Waals surface area contributed by atoms with Crippen LogP contribution in [0.2, 0.25) is 0 Å². The Morgan fingerprint density at radius 2 is 1.27 bits per heavy atom. The summed E-state index contributed by atoms with van der Waals surface area (Å²) >= 11 is 8.68. The van der Waals surface area contributed by atoms with Gasteiger partial charge in [-0.2, -0.15) is 25.3 Å². The summed E-state index contributed by atoms with van der Waals surface area (Å²) in [4.78, 5) is 63.8. The molecule has 45 heavy (non-hydrogen) atoms. The van der Waals surface area contributed by atoms with E-state index in [1.165, 1.54) is 50.2 Å².